The van der Waals surface area contributed by atoms with E-state index in [9.17, 15) is 14.7 Å². The predicted molar refractivity (Wildman–Crippen MR) is 162 cm³/mol. The molecular weight excluding hydrogens is 541 g/mol. The van der Waals surface area contributed by atoms with E-state index >= 15 is 0 Å². The molecule has 3 N–H and O–H groups in total. The Morgan fingerprint density at radius 3 is 2.02 bits per heavy atom. The highest BCUT2D eigenvalue weighted by Gasteiger charge is 2.54. The SMILES string of the molecule is COc1c2c(c(N(C)C)c(OC)c1OC)CC(C(=O)N[C@@H](CO)C(=O)NC(CC(C)C)B1OC(C)(C)C(C)(C)O1)CC2. The third kappa shape index (κ3) is 6.76. The van der Waals surface area contributed by atoms with E-state index in [2.05, 4.69) is 24.5 Å². The zero-order valence-electron chi connectivity index (χ0n) is 27.2. The van der Waals surface area contributed by atoms with E-state index < -0.39 is 48.7 Å². The number of nitrogens with one attached hydrogen (secondary N) is 2. The number of hydrogen-bond donors (Lipinski definition) is 3. The van der Waals surface area contributed by atoms with Gasteiger partial charge in [0.15, 0.2) is 11.5 Å². The van der Waals surface area contributed by atoms with Crippen LogP contribution in [0.15, 0.2) is 0 Å². The molecule has 42 heavy (non-hydrogen) atoms. The van der Waals surface area contributed by atoms with Crippen LogP contribution in [0.4, 0.5) is 5.69 Å². The van der Waals surface area contributed by atoms with Crippen LogP contribution in [0.3, 0.4) is 0 Å². The van der Waals surface area contributed by atoms with Crippen LogP contribution < -0.4 is 29.7 Å². The number of carbonyl (C=O) groups is 2. The first kappa shape index (κ1) is 33.8. The van der Waals surface area contributed by atoms with Crippen LogP contribution in [0.2, 0.25) is 0 Å². The summed E-state index contributed by atoms with van der Waals surface area (Å²) in [6.45, 7) is 11.4. The Bertz CT molecular complexity index is 1120. The van der Waals surface area contributed by atoms with Gasteiger partial charge in [0, 0.05) is 25.6 Å². The summed E-state index contributed by atoms with van der Waals surface area (Å²) in [6.07, 6.45) is 2.14. The fourth-order valence-corrected chi connectivity index (χ4v) is 5.77. The molecule has 1 aromatic rings. The molecule has 0 aromatic heterocycles. The van der Waals surface area contributed by atoms with E-state index in [4.69, 9.17) is 23.5 Å². The van der Waals surface area contributed by atoms with Gasteiger partial charge >= 0.3 is 7.12 Å². The summed E-state index contributed by atoms with van der Waals surface area (Å²) in [5, 5.41) is 15.9. The minimum absolute atomic E-state index is 0.247. The Kier molecular flexibility index (Phi) is 10.7. The van der Waals surface area contributed by atoms with Gasteiger partial charge in [-0.1, -0.05) is 13.8 Å². The maximum atomic E-state index is 13.5. The molecule has 0 radical (unpaired) electrons. The molecule has 0 spiro atoms. The summed E-state index contributed by atoms with van der Waals surface area (Å²) >= 11 is 0. The number of fused-ring (bicyclic) bond motifs is 1. The summed E-state index contributed by atoms with van der Waals surface area (Å²) < 4.78 is 29.5. The molecular formula is C30H50BN3O8. The fraction of sp³-hybridized carbons (Fsp3) is 0.733. The van der Waals surface area contributed by atoms with Crippen molar-refractivity contribution in [3.8, 4) is 17.2 Å². The molecule has 2 aliphatic rings. The summed E-state index contributed by atoms with van der Waals surface area (Å²) in [7, 11) is 7.90. The molecule has 1 aromatic carbocycles. The molecule has 1 fully saturated rings. The zero-order valence-corrected chi connectivity index (χ0v) is 27.2. The van der Waals surface area contributed by atoms with Crippen LogP contribution in [0.5, 0.6) is 17.2 Å². The molecule has 236 valence electrons. The van der Waals surface area contributed by atoms with Gasteiger partial charge in [0.2, 0.25) is 17.6 Å². The Morgan fingerprint density at radius 1 is 0.976 bits per heavy atom. The van der Waals surface area contributed by atoms with E-state index in [1.165, 1.54) is 0 Å². The third-order valence-electron chi connectivity index (χ3n) is 8.64. The maximum Gasteiger partial charge on any atom is 0.481 e. The molecule has 1 saturated heterocycles. The summed E-state index contributed by atoms with van der Waals surface area (Å²) in [5.41, 5.74) is 1.61. The molecule has 1 aliphatic heterocycles. The highest BCUT2D eigenvalue weighted by atomic mass is 16.7. The standard InChI is InChI=1S/C30H50BN3O8/c1-17(2)14-22(31-41-29(3,4)30(5,6)42-31)33-28(37)21(16-35)32-27(36)18-12-13-19-20(15-18)23(34(7)8)25(39-10)26(40-11)24(19)38-9/h17-18,21-22,35H,12-16H2,1-11H3,(H,32,36)(H,33,37)/t18?,21-,22?/m0/s1. The number of hydrogen-bond acceptors (Lipinski definition) is 9. The average Bonchev–Trinajstić information content (AvgIpc) is 3.14. The molecule has 12 heteroatoms. The van der Waals surface area contributed by atoms with Crippen molar-refractivity contribution in [1.82, 2.24) is 10.6 Å². The van der Waals surface area contributed by atoms with Crippen LogP contribution in [0, 0.1) is 11.8 Å². The topological polar surface area (TPSA) is 128 Å². The highest BCUT2D eigenvalue weighted by molar-refractivity contribution is 6.48. The second kappa shape index (κ2) is 13.3. The molecule has 0 bridgehead atoms. The fourth-order valence-electron chi connectivity index (χ4n) is 5.77. The minimum Gasteiger partial charge on any atom is -0.492 e. The predicted octanol–water partition coefficient (Wildman–Crippen LogP) is 2.52. The number of aliphatic hydroxyl groups is 1. The number of rotatable bonds is 12. The van der Waals surface area contributed by atoms with E-state index in [1.807, 2.05) is 46.7 Å². The number of benzene rings is 1. The lowest BCUT2D eigenvalue weighted by Gasteiger charge is -2.32. The van der Waals surface area contributed by atoms with E-state index in [0.29, 0.717) is 42.9 Å². The minimum atomic E-state index is -1.12. The van der Waals surface area contributed by atoms with Gasteiger partial charge in [0.1, 0.15) is 6.04 Å². The van der Waals surface area contributed by atoms with E-state index in [0.717, 1.165) is 16.8 Å². The third-order valence-corrected chi connectivity index (χ3v) is 8.64. The van der Waals surface area contributed by atoms with Crippen molar-refractivity contribution >= 4 is 24.6 Å². The summed E-state index contributed by atoms with van der Waals surface area (Å²) in [4.78, 5) is 28.9. The first-order valence-corrected chi connectivity index (χ1v) is 14.7. The smallest absolute Gasteiger partial charge is 0.481 e. The van der Waals surface area contributed by atoms with E-state index in [-0.39, 0.29) is 11.8 Å². The van der Waals surface area contributed by atoms with Crippen LogP contribution in [0.1, 0.15) is 65.5 Å². The number of methoxy groups -OCH3 is 3. The van der Waals surface area contributed by atoms with Crippen molar-refractivity contribution < 1.29 is 38.2 Å². The van der Waals surface area contributed by atoms with Gasteiger partial charge in [-0.25, -0.2) is 0 Å². The second-order valence-electron chi connectivity index (χ2n) is 12.9. The van der Waals surface area contributed by atoms with Crippen molar-refractivity contribution in [2.75, 3.05) is 46.9 Å². The number of amides is 2. The number of aliphatic hydroxyl groups excluding tert-OH is 1. The van der Waals surface area contributed by atoms with Crippen LogP contribution in [-0.4, -0.2) is 89.3 Å². The molecule has 2 unspecified atom stereocenters. The molecule has 0 saturated carbocycles. The lowest BCUT2D eigenvalue weighted by Crippen LogP contribution is -2.56. The largest absolute Gasteiger partial charge is 0.492 e. The highest BCUT2D eigenvalue weighted by Crippen LogP contribution is 2.52. The number of anilines is 1. The average molecular weight is 592 g/mol. The molecule has 3 rings (SSSR count). The molecule has 1 heterocycles. The Hall–Kier alpha value is -2.70. The van der Waals surface area contributed by atoms with Gasteiger partial charge in [0.05, 0.1) is 50.8 Å². The van der Waals surface area contributed by atoms with Gasteiger partial charge in [-0.15, -0.1) is 0 Å². The van der Waals surface area contributed by atoms with Crippen molar-refractivity contribution in [1.29, 1.82) is 0 Å². The van der Waals surface area contributed by atoms with Crippen LogP contribution in [0.25, 0.3) is 0 Å². The van der Waals surface area contributed by atoms with Gasteiger partial charge in [-0.3, -0.25) is 9.59 Å². The molecule has 2 amide bonds. The first-order valence-electron chi connectivity index (χ1n) is 14.7. The lowest BCUT2D eigenvalue weighted by atomic mass is 9.74. The quantitative estimate of drug-likeness (QED) is 0.314. The maximum absolute atomic E-state index is 13.5. The summed E-state index contributed by atoms with van der Waals surface area (Å²) in [5.74, 6) is 0.233. The van der Waals surface area contributed by atoms with Crippen molar-refractivity contribution in [3.63, 3.8) is 0 Å². The monoisotopic (exact) mass is 591 g/mol. The lowest BCUT2D eigenvalue weighted by molar-refractivity contribution is -0.132. The number of ether oxygens (including phenoxy) is 3. The van der Waals surface area contributed by atoms with Crippen molar-refractivity contribution in [2.24, 2.45) is 11.8 Å². The molecule has 11 nitrogen and oxygen atoms in total. The van der Waals surface area contributed by atoms with Crippen LogP contribution in [-0.2, 0) is 31.7 Å². The van der Waals surface area contributed by atoms with Gasteiger partial charge in [-0.2, -0.15) is 0 Å². The summed E-state index contributed by atoms with van der Waals surface area (Å²) in [6, 6.07) is -1.12. The first-order chi connectivity index (χ1) is 19.6. The number of nitrogens with zero attached hydrogens (tertiary/aromatic N) is 1. The Balaban J connectivity index is 1.80. The van der Waals surface area contributed by atoms with E-state index in [1.54, 1.807) is 21.3 Å². The van der Waals surface area contributed by atoms with Gasteiger partial charge in [-0.05, 0) is 64.9 Å². The zero-order chi connectivity index (χ0) is 31.6. The number of carbonyl (C=O) groups excluding carboxylic acids is 2. The van der Waals surface area contributed by atoms with Crippen molar-refractivity contribution in [2.45, 2.75) is 90.4 Å². The van der Waals surface area contributed by atoms with Crippen molar-refractivity contribution in [3.05, 3.63) is 11.1 Å². The Labute approximate surface area is 251 Å². The second-order valence-corrected chi connectivity index (χ2v) is 12.9. The van der Waals surface area contributed by atoms with Crippen LogP contribution >= 0.6 is 0 Å². The Morgan fingerprint density at radius 2 is 1.55 bits per heavy atom. The molecule has 3 atom stereocenters. The van der Waals surface area contributed by atoms with Gasteiger partial charge in [0.25, 0.3) is 0 Å². The molecule has 1 aliphatic carbocycles. The van der Waals surface area contributed by atoms with Gasteiger partial charge < -0.3 is 44.2 Å². The normalized spacial score (nSPS) is 20.4.